The Bertz CT molecular complexity index is 602. The van der Waals surface area contributed by atoms with Crippen LogP contribution in [-0.4, -0.2) is 37.1 Å². The molecular formula is C15H20N2O6. The van der Waals surface area contributed by atoms with E-state index in [0.717, 1.165) is 6.07 Å². The van der Waals surface area contributed by atoms with Crippen LogP contribution in [0.4, 0.5) is 11.4 Å². The number of rotatable bonds is 7. The van der Waals surface area contributed by atoms with E-state index in [2.05, 4.69) is 10.1 Å². The summed E-state index contributed by atoms with van der Waals surface area (Å²) < 4.78 is 9.29. The molecule has 0 aliphatic rings. The van der Waals surface area contributed by atoms with Gasteiger partial charge in [0.2, 0.25) is 0 Å². The van der Waals surface area contributed by atoms with E-state index in [-0.39, 0.29) is 22.9 Å². The van der Waals surface area contributed by atoms with Crippen LogP contribution in [0.25, 0.3) is 0 Å². The Hall–Kier alpha value is -2.64. The van der Waals surface area contributed by atoms with Gasteiger partial charge in [0, 0.05) is 6.07 Å². The first-order valence-electron chi connectivity index (χ1n) is 7.06. The fourth-order valence-electron chi connectivity index (χ4n) is 2.01. The van der Waals surface area contributed by atoms with Crippen LogP contribution < -0.4 is 5.32 Å². The van der Waals surface area contributed by atoms with Crippen molar-refractivity contribution in [2.24, 2.45) is 5.92 Å². The molecule has 0 aromatic heterocycles. The summed E-state index contributed by atoms with van der Waals surface area (Å²) in [6.45, 7) is 3.74. The minimum Gasteiger partial charge on any atom is -0.467 e. The summed E-state index contributed by atoms with van der Waals surface area (Å²) in [5.74, 6) is -1.28. The number of hydrogen-bond donors (Lipinski definition) is 1. The summed E-state index contributed by atoms with van der Waals surface area (Å²) in [5, 5.41) is 14.1. The molecule has 0 spiro atoms. The zero-order valence-electron chi connectivity index (χ0n) is 13.5. The molecule has 0 bridgehead atoms. The number of benzene rings is 1. The molecule has 1 N–H and O–H groups in total. The second-order valence-corrected chi connectivity index (χ2v) is 5.01. The number of carbonyl (C=O) groups excluding carboxylic acids is 2. The zero-order chi connectivity index (χ0) is 17.6. The van der Waals surface area contributed by atoms with Crippen molar-refractivity contribution >= 4 is 23.3 Å². The van der Waals surface area contributed by atoms with Gasteiger partial charge in [-0.2, -0.15) is 0 Å². The van der Waals surface area contributed by atoms with E-state index < -0.39 is 22.9 Å². The van der Waals surface area contributed by atoms with Crippen LogP contribution in [0.5, 0.6) is 0 Å². The fourth-order valence-corrected chi connectivity index (χ4v) is 2.01. The molecule has 0 aliphatic heterocycles. The van der Waals surface area contributed by atoms with Gasteiger partial charge in [0.05, 0.1) is 24.7 Å². The second kappa shape index (κ2) is 8.11. The quantitative estimate of drug-likeness (QED) is 0.466. The SMILES string of the molecule is CC[C@@H](C)[C@H](Nc1ccc(C(=O)OC)cc1[N+](=O)[O-])C(=O)OC. The first kappa shape index (κ1) is 18.4. The number of methoxy groups -OCH3 is 2. The summed E-state index contributed by atoms with van der Waals surface area (Å²) in [6, 6.07) is 3.15. The molecule has 8 heteroatoms. The largest absolute Gasteiger partial charge is 0.467 e. The van der Waals surface area contributed by atoms with E-state index in [1.54, 1.807) is 0 Å². The summed E-state index contributed by atoms with van der Waals surface area (Å²) >= 11 is 0. The lowest BCUT2D eigenvalue weighted by Gasteiger charge is -2.22. The van der Waals surface area contributed by atoms with Gasteiger partial charge in [0.15, 0.2) is 0 Å². The van der Waals surface area contributed by atoms with Crippen LogP contribution in [-0.2, 0) is 14.3 Å². The number of nitrogens with zero attached hydrogens (tertiary/aromatic N) is 1. The van der Waals surface area contributed by atoms with Gasteiger partial charge < -0.3 is 14.8 Å². The lowest BCUT2D eigenvalue weighted by Crippen LogP contribution is -2.36. The van der Waals surface area contributed by atoms with Gasteiger partial charge in [-0.3, -0.25) is 10.1 Å². The second-order valence-electron chi connectivity index (χ2n) is 5.01. The fraction of sp³-hybridized carbons (Fsp3) is 0.467. The van der Waals surface area contributed by atoms with Crippen molar-refractivity contribution in [1.29, 1.82) is 0 Å². The molecule has 0 heterocycles. The van der Waals surface area contributed by atoms with Gasteiger partial charge in [-0.1, -0.05) is 20.3 Å². The third-order valence-corrected chi connectivity index (χ3v) is 3.59. The first-order valence-corrected chi connectivity index (χ1v) is 7.06. The summed E-state index contributed by atoms with van der Waals surface area (Å²) in [7, 11) is 2.45. The normalized spacial score (nSPS) is 12.9. The molecule has 1 aromatic rings. The molecule has 0 radical (unpaired) electrons. The van der Waals surface area contributed by atoms with Crippen molar-refractivity contribution in [1.82, 2.24) is 0 Å². The topological polar surface area (TPSA) is 108 Å². The van der Waals surface area contributed by atoms with Gasteiger partial charge in [0.25, 0.3) is 5.69 Å². The molecule has 1 aromatic carbocycles. The van der Waals surface area contributed by atoms with E-state index in [1.807, 2.05) is 13.8 Å². The maximum absolute atomic E-state index is 11.9. The van der Waals surface area contributed by atoms with Crippen LogP contribution in [0.15, 0.2) is 18.2 Å². The summed E-state index contributed by atoms with van der Waals surface area (Å²) in [5.41, 5.74) is -0.119. The predicted molar refractivity (Wildman–Crippen MR) is 83.3 cm³/mol. The number of nitrogens with one attached hydrogen (secondary N) is 1. The van der Waals surface area contributed by atoms with Crippen molar-refractivity contribution in [2.75, 3.05) is 19.5 Å². The Morgan fingerprint density at radius 3 is 2.43 bits per heavy atom. The van der Waals surface area contributed by atoms with Crippen molar-refractivity contribution in [3.05, 3.63) is 33.9 Å². The number of nitro groups is 1. The van der Waals surface area contributed by atoms with Crippen LogP contribution in [0.2, 0.25) is 0 Å². The number of carbonyl (C=O) groups is 2. The summed E-state index contributed by atoms with van der Waals surface area (Å²) in [4.78, 5) is 34.0. The molecule has 0 unspecified atom stereocenters. The van der Waals surface area contributed by atoms with E-state index in [1.165, 1.54) is 26.4 Å². The van der Waals surface area contributed by atoms with Gasteiger partial charge in [-0.05, 0) is 18.1 Å². The van der Waals surface area contributed by atoms with Crippen molar-refractivity contribution < 1.29 is 24.0 Å². The number of esters is 2. The average molecular weight is 324 g/mol. The lowest BCUT2D eigenvalue weighted by atomic mass is 9.98. The molecule has 0 saturated heterocycles. The molecule has 0 saturated carbocycles. The Morgan fingerprint density at radius 1 is 1.30 bits per heavy atom. The maximum Gasteiger partial charge on any atom is 0.338 e. The van der Waals surface area contributed by atoms with Crippen molar-refractivity contribution in [3.8, 4) is 0 Å². The van der Waals surface area contributed by atoms with Crippen LogP contribution >= 0.6 is 0 Å². The van der Waals surface area contributed by atoms with Crippen LogP contribution in [0, 0.1) is 16.0 Å². The number of anilines is 1. The monoisotopic (exact) mass is 324 g/mol. The van der Waals surface area contributed by atoms with Gasteiger partial charge >= 0.3 is 11.9 Å². The maximum atomic E-state index is 11.9. The van der Waals surface area contributed by atoms with Crippen molar-refractivity contribution in [3.63, 3.8) is 0 Å². The molecule has 0 amide bonds. The zero-order valence-corrected chi connectivity index (χ0v) is 13.5. The smallest absolute Gasteiger partial charge is 0.338 e. The van der Waals surface area contributed by atoms with Gasteiger partial charge in [-0.25, -0.2) is 9.59 Å². The Kier molecular flexibility index (Phi) is 6.49. The van der Waals surface area contributed by atoms with E-state index >= 15 is 0 Å². The van der Waals surface area contributed by atoms with Gasteiger partial charge in [0.1, 0.15) is 11.7 Å². The number of nitro benzene ring substituents is 1. The molecule has 2 atom stereocenters. The molecule has 126 valence electrons. The van der Waals surface area contributed by atoms with Crippen molar-refractivity contribution in [2.45, 2.75) is 26.3 Å². The number of hydrogen-bond acceptors (Lipinski definition) is 7. The van der Waals surface area contributed by atoms with E-state index in [4.69, 9.17) is 4.74 Å². The third-order valence-electron chi connectivity index (χ3n) is 3.59. The summed E-state index contributed by atoms with van der Waals surface area (Å²) in [6.07, 6.45) is 0.681. The third kappa shape index (κ3) is 4.41. The number of ether oxygens (including phenoxy) is 2. The van der Waals surface area contributed by atoms with Crippen LogP contribution in [0.3, 0.4) is 0 Å². The highest BCUT2D eigenvalue weighted by Gasteiger charge is 2.28. The Morgan fingerprint density at radius 2 is 1.96 bits per heavy atom. The van der Waals surface area contributed by atoms with E-state index in [9.17, 15) is 19.7 Å². The lowest BCUT2D eigenvalue weighted by molar-refractivity contribution is -0.384. The average Bonchev–Trinajstić information content (AvgIpc) is 2.57. The highest BCUT2D eigenvalue weighted by molar-refractivity contribution is 5.91. The first-order chi connectivity index (χ1) is 10.8. The molecule has 8 nitrogen and oxygen atoms in total. The molecule has 0 aliphatic carbocycles. The standard InChI is InChI=1S/C15H20N2O6/c1-5-9(2)13(15(19)23-4)16-11-7-6-10(14(18)22-3)8-12(11)17(20)21/h6-9,13,16H,5H2,1-4H3/t9-,13+/m1/s1. The minimum absolute atomic E-state index is 0.0582. The minimum atomic E-state index is -0.729. The molecular weight excluding hydrogens is 304 g/mol. The highest BCUT2D eigenvalue weighted by Crippen LogP contribution is 2.28. The molecule has 23 heavy (non-hydrogen) atoms. The Labute approximate surface area is 133 Å². The Balaban J connectivity index is 3.22. The van der Waals surface area contributed by atoms with E-state index in [0.29, 0.717) is 6.42 Å². The van der Waals surface area contributed by atoms with Gasteiger partial charge in [-0.15, -0.1) is 0 Å². The molecule has 0 fully saturated rings. The molecule has 1 rings (SSSR count). The predicted octanol–water partition coefficient (Wildman–Crippen LogP) is 2.38. The van der Waals surface area contributed by atoms with Crippen LogP contribution in [0.1, 0.15) is 30.6 Å². The highest BCUT2D eigenvalue weighted by atomic mass is 16.6.